The minimum absolute atomic E-state index is 0.362. The molecule has 0 radical (unpaired) electrons. The molecule has 1 aromatic rings. The van der Waals surface area contributed by atoms with Gasteiger partial charge in [-0.15, -0.1) is 0 Å². The van der Waals surface area contributed by atoms with E-state index in [4.69, 9.17) is 9.84 Å². The molecule has 0 bridgehead atoms. The smallest absolute Gasteiger partial charge is 0.119 e. The number of aliphatic hydroxyl groups is 1. The predicted octanol–water partition coefficient (Wildman–Crippen LogP) is 12.4. The molecule has 0 atom stereocenters. The molecule has 0 saturated heterocycles. The van der Waals surface area contributed by atoms with Gasteiger partial charge in [-0.3, -0.25) is 0 Å². The van der Waals surface area contributed by atoms with Gasteiger partial charge >= 0.3 is 0 Å². The molecule has 39 heavy (non-hydrogen) atoms. The Morgan fingerprint density at radius 1 is 0.487 bits per heavy atom. The maximum Gasteiger partial charge on any atom is 0.119 e. The maximum absolute atomic E-state index is 8.66. The van der Waals surface area contributed by atoms with Gasteiger partial charge in [0.05, 0.1) is 6.61 Å². The number of para-hydroxylation sites is 1. The highest BCUT2D eigenvalue weighted by Gasteiger charge is 1.95. The third-order valence-corrected chi connectivity index (χ3v) is 7.43. The SMILES string of the molecule is CCCCCCCCC=CCCCCCCCCO.CCCCCCCCCCCCCOc1ccccc1. The van der Waals surface area contributed by atoms with E-state index in [1.807, 2.05) is 30.3 Å². The van der Waals surface area contributed by atoms with E-state index < -0.39 is 0 Å². The molecular formula is C37H68O2. The lowest BCUT2D eigenvalue weighted by Gasteiger charge is -2.05. The monoisotopic (exact) mass is 545 g/mol. The summed E-state index contributed by atoms with van der Waals surface area (Å²) < 4.78 is 5.69. The molecule has 0 saturated carbocycles. The van der Waals surface area contributed by atoms with Gasteiger partial charge in [0.2, 0.25) is 0 Å². The molecule has 1 N–H and O–H groups in total. The molecule has 228 valence electrons. The summed E-state index contributed by atoms with van der Waals surface area (Å²) in [6, 6.07) is 10.1. The summed E-state index contributed by atoms with van der Waals surface area (Å²) >= 11 is 0. The first-order valence-corrected chi connectivity index (χ1v) is 17.3. The second kappa shape index (κ2) is 34.7. The first-order chi connectivity index (χ1) is 19.3. The molecule has 0 aliphatic rings. The summed E-state index contributed by atoms with van der Waals surface area (Å²) in [5.74, 6) is 1.000. The number of hydrogen-bond acceptors (Lipinski definition) is 2. The molecule has 1 aromatic carbocycles. The predicted molar refractivity (Wildman–Crippen MR) is 175 cm³/mol. The van der Waals surface area contributed by atoms with E-state index in [1.165, 1.54) is 154 Å². The van der Waals surface area contributed by atoms with Crippen LogP contribution in [0.1, 0.15) is 174 Å². The number of rotatable bonds is 28. The average molecular weight is 545 g/mol. The molecular weight excluding hydrogens is 476 g/mol. The van der Waals surface area contributed by atoms with Crippen LogP contribution in [0.2, 0.25) is 0 Å². The van der Waals surface area contributed by atoms with Gasteiger partial charge in [0.25, 0.3) is 0 Å². The van der Waals surface area contributed by atoms with Gasteiger partial charge < -0.3 is 9.84 Å². The number of unbranched alkanes of at least 4 members (excludes halogenated alkanes) is 22. The molecule has 1 rings (SSSR count). The molecule has 0 fully saturated rings. The van der Waals surface area contributed by atoms with Crippen LogP contribution in [-0.2, 0) is 0 Å². The van der Waals surface area contributed by atoms with Gasteiger partial charge in [-0.05, 0) is 50.7 Å². The van der Waals surface area contributed by atoms with Crippen LogP contribution in [0.5, 0.6) is 5.75 Å². The van der Waals surface area contributed by atoms with Gasteiger partial charge in [0.15, 0.2) is 0 Å². The Kier molecular flexibility index (Phi) is 33.6. The standard InChI is InChI=1S/C19H32O.C18H36O/c1-2-3-4-5-6-7-8-9-10-11-15-18-20-19-16-13-12-14-17-19;1-2-3-4-5-6-7-8-9-10-11-12-13-14-15-16-17-18-19/h12-14,16-17H,2-11,15,18H2,1H3;9-10,19H,2-8,11-18H2,1H3. The highest BCUT2D eigenvalue weighted by molar-refractivity contribution is 5.20. The van der Waals surface area contributed by atoms with Crippen molar-refractivity contribution in [1.82, 2.24) is 0 Å². The van der Waals surface area contributed by atoms with Crippen molar-refractivity contribution in [3.8, 4) is 5.75 Å². The van der Waals surface area contributed by atoms with Crippen LogP contribution in [0.25, 0.3) is 0 Å². The summed E-state index contributed by atoms with van der Waals surface area (Å²) in [6.07, 6.45) is 38.4. The highest BCUT2D eigenvalue weighted by atomic mass is 16.5. The second-order valence-electron chi connectivity index (χ2n) is 11.4. The third-order valence-electron chi connectivity index (χ3n) is 7.43. The first kappa shape index (κ1) is 37.7. The van der Waals surface area contributed by atoms with E-state index >= 15 is 0 Å². The Bertz CT molecular complexity index is 568. The molecule has 0 heterocycles. The molecule has 0 aliphatic heterocycles. The number of benzene rings is 1. The Morgan fingerprint density at radius 3 is 1.31 bits per heavy atom. The van der Waals surface area contributed by atoms with Gasteiger partial charge in [0.1, 0.15) is 5.75 Å². The van der Waals surface area contributed by atoms with Crippen molar-refractivity contribution in [3.63, 3.8) is 0 Å². The Hall–Kier alpha value is -1.28. The zero-order chi connectivity index (χ0) is 28.3. The minimum Gasteiger partial charge on any atom is -0.494 e. The molecule has 0 unspecified atom stereocenters. The Labute approximate surface area is 245 Å². The molecule has 0 amide bonds. The van der Waals surface area contributed by atoms with Crippen LogP contribution in [0.15, 0.2) is 42.5 Å². The quantitative estimate of drug-likeness (QED) is 0.0839. The van der Waals surface area contributed by atoms with Crippen molar-refractivity contribution in [1.29, 1.82) is 0 Å². The van der Waals surface area contributed by atoms with E-state index in [-0.39, 0.29) is 0 Å². The summed E-state index contributed by atoms with van der Waals surface area (Å²) in [6.45, 7) is 5.78. The van der Waals surface area contributed by atoms with E-state index in [2.05, 4.69) is 26.0 Å². The summed E-state index contributed by atoms with van der Waals surface area (Å²) in [4.78, 5) is 0. The van der Waals surface area contributed by atoms with Crippen LogP contribution in [0, 0.1) is 0 Å². The van der Waals surface area contributed by atoms with Crippen molar-refractivity contribution >= 4 is 0 Å². The van der Waals surface area contributed by atoms with E-state index in [1.54, 1.807) is 0 Å². The summed E-state index contributed by atoms with van der Waals surface area (Å²) in [7, 11) is 0. The lowest BCUT2D eigenvalue weighted by atomic mass is 10.1. The second-order valence-corrected chi connectivity index (χ2v) is 11.4. The molecule has 0 aromatic heterocycles. The van der Waals surface area contributed by atoms with Gasteiger partial charge in [-0.1, -0.05) is 166 Å². The van der Waals surface area contributed by atoms with Gasteiger partial charge in [-0.25, -0.2) is 0 Å². The minimum atomic E-state index is 0.362. The van der Waals surface area contributed by atoms with Crippen molar-refractivity contribution in [3.05, 3.63) is 42.5 Å². The summed E-state index contributed by atoms with van der Waals surface area (Å²) in [5.41, 5.74) is 0. The molecule has 2 heteroatoms. The van der Waals surface area contributed by atoms with Crippen LogP contribution < -0.4 is 4.74 Å². The number of ether oxygens (including phenoxy) is 1. The Morgan fingerprint density at radius 2 is 0.872 bits per heavy atom. The van der Waals surface area contributed by atoms with E-state index in [9.17, 15) is 0 Å². The molecule has 0 aliphatic carbocycles. The fraction of sp³-hybridized carbons (Fsp3) is 0.784. The van der Waals surface area contributed by atoms with Gasteiger partial charge in [-0.2, -0.15) is 0 Å². The zero-order valence-electron chi connectivity index (χ0n) is 26.5. The molecule has 2 nitrogen and oxygen atoms in total. The maximum atomic E-state index is 8.66. The highest BCUT2D eigenvalue weighted by Crippen LogP contribution is 2.13. The number of hydrogen-bond donors (Lipinski definition) is 1. The fourth-order valence-electron chi connectivity index (χ4n) is 4.83. The van der Waals surface area contributed by atoms with Crippen LogP contribution in [-0.4, -0.2) is 18.3 Å². The lowest BCUT2D eigenvalue weighted by Crippen LogP contribution is -1.96. The fourth-order valence-corrected chi connectivity index (χ4v) is 4.83. The zero-order valence-corrected chi connectivity index (χ0v) is 26.5. The van der Waals surface area contributed by atoms with Crippen LogP contribution >= 0.6 is 0 Å². The Balaban J connectivity index is 0.000000742. The first-order valence-electron chi connectivity index (χ1n) is 17.3. The van der Waals surface area contributed by atoms with Crippen molar-refractivity contribution in [2.75, 3.05) is 13.2 Å². The van der Waals surface area contributed by atoms with Crippen LogP contribution in [0.4, 0.5) is 0 Å². The topological polar surface area (TPSA) is 29.5 Å². The van der Waals surface area contributed by atoms with E-state index in [0.717, 1.165) is 18.8 Å². The average Bonchev–Trinajstić information content (AvgIpc) is 2.96. The lowest BCUT2D eigenvalue weighted by molar-refractivity contribution is 0.282. The van der Waals surface area contributed by atoms with E-state index in [0.29, 0.717) is 6.61 Å². The normalized spacial score (nSPS) is 11.1. The number of aliphatic hydroxyl groups excluding tert-OH is 1. The largest absolute Gasteiger partial charge is 0.494 e. The van der Waals surface area contributed by atoms with Crippen molar-refractivity contribution in [2.24, 2.45) is 0 Å². The van der Waals surface area contributed by atoms with Crippen molar-refractivity contribution < 1.29 is 9.84 Å². The third kappa shape index (κ3) is 32.8. The van der Waals surface area contributed by atoms with Gasteiger partial charge in [0, 0.05) is 6.61 Å². The summed E-state index contributed by atoms with van der Waals surface area (Å²) in [5, 5.41) is 8.66. The van der Waals surface area contributed by atoms with Crippen molar-refractivity contribution in [2.45, 2.75) is 174 Å². The number of allylic oxidation sites excluding steroid dienone is 2. The molecule has 0 spiro atoms. The van der Waals surface area contributed by atoms with Crippen LogP contribution in [0.3, 0.4) is 0 Å².